The van der Waals surface area contributed by atoms with E-state index in [4.69, 9.17) is 5.26 Å². The molecule has 1 aliphatic heterocycles. The largest absolute Gasteiger partial charge is 0.355 e. The monoisotopic (exact) mass is 531 g/mol. The number of likely N-dealkylation sites (tertiary alicyclic amines) is 1. The summed E-state index contributed by atoms with van der Waals surface area (Å²) in [6, 6.07) is 29.4. The molecule has 7 nitrogen and oxygen atoms in total. The van der Waals surface area contributed by atoms with Crippen LogP contribution in [0.3, 0.4) is 0 Å². The maximum Gasteiger partial charge on any atom is 0.234 e. The lowest BCUT2D eigenvalue weighted by Crippen LogP contribution is -2.47. The molecular formula is C33H33N5O2. The predicted octanol–water partition coefficient (Wildman–Crippen LogP) is 4.53. The van der Waals surface area contributed by atoms with Gasteiger partial charge in [0.15, 0.2) is 0 Å². The normalized spacial score (nSPS) is 15.0. The fourth-order valence-electron chi connectivity index (χ4n) is 5.38. The number of benzene rings is 3. The molecule has 2 amide bonds. The van der Waals surface area contributed by atoms with Crippen molar-refractivity contribution in [3.8, 4) is 6.07 Å². The van der Waals surface area contributed by atoms with E-state index in [9.17, 15) is 9.59 Å². The minimum Gasteiger partial charge on any atom is -0.355 e. The summed E-state index contributed by atoms with van der Waals surface area (Å²) in [5.74, 6) is -0.581. The number of aromatic nitrogens is 2. The van der Waals surface area contributed by atoms with Crippen molar-refractivity contribution in [2.75, 3.05) is 19.6 Å². The Morgan fingerprint density at radius 3 is 2.30 bits per heavy atom. The Balaban J connectivity index is 1.18. The van der Waals surface area contributed by atoms with Crippen molar-refractivity contribution in [1.82, 2.24) is 19.8 Å². The molecule has 4 aromatic rings. The highest BCUT2D eigenvalue weighted by molar-refractivity contribution is 5.88. The first-order chi connectivity index (χ1) is 19.6. The van der Waals surface area contributed by atoms with Gasteiger partial charge in [0.05, 0.1) is 29.8 Å². The molecule has 0 bridgehead atoms. The van der Waals surface area contributed by atoms with Gasteiger partial charge in [0.25, 0.3) is 0 Å². The Morgan fingerprint density at radius 1 is 0.975 bits per heavy atom. The first kappa shape index (κ1) is 26.9. The molecular weight excluding hydrogens is 498 g/mol. The van der Waals surface area contributed by atoms with Gasteiger partial charge in [-0.2, -0.15) is 5.26 Å². The van der Waals surface area contributed by atoms with Crippen LogP contribution in [-0.4, -0.2) is 45.9 Å². The predicted molar refractivity (Wildman–Crippen MR) is 153 cm³/mol. The number of rotatable bonds is 9. The van der Waals surface area contributed by atoms with Crippen LogP contribution < -0.4 is 5.32 Å². The molecule has 1 unspecified atom stereocenters. The summed E-state index contributed by atoms with van der Waals surface area (Å²) in [6.07, 6.45) is 5.84. The molecule has 2 heterocycles. The number of imidazole rings is 1. The smallest absolute Gasteiger partial charge is 0.234 e. The Hall–Kier alpha value is -4.70. The molecule has 0 aliphatic carbocycles. The number of hydrogen-bond donors (Lipinski definition) is 1. The van der Waals surface area contributed by atoms with Crippen LogP contribution in [-0.2, 0) is 22.6 Å². The summed E-state index contributed by atoms with van der Waals surface area (Å²) < 4.78 is 2.06. The number of carbonyl (C=O) groups is 2. The third-order valence-electron chi connectivity index (χ3n) is 7.53. The first-order valence-corrected chi connectivity index (χ1v) is 13.8. The van der Waals surface area contributed by atoms with Gasteiger partial charge < -0.3 is 14.8 Å². The van der Waals surface area contributed by atoms with E-state index in [0.717, 1.165) is 35.2 Å². The fraction of sp³-hybridized carbons (Fsp3) is 0.273. The van der Waals surface area contributed by atoms with Crippen molar-refractivity contribution >= 4 is 11.8 Å². The number of nitriles is 1. The number of nitrogens with zero attached hydrogens (tertiary/aromatic N) is 4. The molecule has 202 valence electrons. The van der Waals surface area contributed by atoms with E-state index in [-0.39, 0.29) is 23.7 Å². The zero-order chi connectivity index (χ0) is 27.7. The maximum absolute atomic E-state index is 13.8. The second kappa shape index (κ2) is 12.9. The van der Waals surface area contributed by atoms with E-state index < -0.39 is 0 Å². The Bertz CT molecular complexity index is 1420. The Labute approximate surface area is 235 Å². The molecule has 40 heavy (non-hydrogen) atoms. The Morgan fingerprint density at radius 2 is 1.65 bits per heavy atom. The highest BCUT2D eigenvalue weighted by atomic mass is 16.2. The minimum atomic E-state index is -0.388. The van der Waals surface area contributed by atoms with Gasteiger partial charge >= 0.3 is 0 Å². The number of amides is 2. The zero-order valence-corrected chi connectivity index (χ0v) is 22.4. The number of nitrogens with one attached hydrogen (secondary N) is 1. The minimum absolute atomic E-state index is 0.00775. The van der Waals surface area contributed by atoms with Crippen LogP contribution >= 0.6 is 0 Å². The molecule has 0 saturated carbocycles. The first-order valence-electron chi connectivity index (χ1n) is 13.8. The summed E-state index contributed by atoms with van der Waals surface area (Å²) in [7, 11) is 0. The van der Waals surface area contributed by atoms with Crippen LogP contribution in [0.1, 0.15) is 46.7 Å². The molecule has 0 spiro atoms. The highest BCUT2D eigenvalue weighted by Crippen LogP contribution is 2.29. The van der Waals surface area contributed by atoms with Crippen LogP contribution in [0.25, 0.3) is 0 Å². The van der Waals surface area contributed by atoms with Crippen molar-refractivity contribution in [3.63, 3.8) is 0 Å². The lowest BCUT2D eigenvalue weighted by Gasteiger charge is -2.34. The van der Waals surface area contributed by atoms with Crippen molar-refractivity contribution in [2.24, 2.45) is 5.92 Å². The van der Waals surface area contributed by atoms with Crippen LogP contribution in [0.5, 0.6) is 0 Å². The zero-order valence-electron chi connectivity index (χ0n) is 22.4. The van der Waals surface area contributed by atoms with Crippen molar-refractivity contribution in [3.05, 3.63) is 125 Å². The SMILES string of the molecule is N#Cc1ccc(Cn2cncc2CCNC(=O)C2CCCN(C(=O)C(c3ccccc3)c3ccccc3)C2)cc1. The fourth-order valence-corrected chi connectivity index (χ4v) is 5.38. The van der Waals surface area contributed by atoms with Crippen LogP contribution in [0.2, 0.25) is 0 Å². The molecule has 1 aliphatic rings. The van der Waals surface area contributed by atoms with E-state index in [1.807, 2.05) is 96.0 Å². The van der Waals surface area contributed by atoms with Crippen LogP contribution in [0, 0.1) is 17.2 Å². The van der Waals surface area contributed by atoms with Crippen LogP contribution in [0.15, 0.2) is 97.5 Å². The van der Waals surface area contributed by atoms with E-state index in [2.05, 4.69) is 20.9 Å². The molecule has 1 fully saturated rings. The maximum atomic E-state index is 13.8. The van der Waals surface area contributed by atoms with E-state index >= 15 is 0 Å². The van der Waals surface area contributed by atoms with Gasteiger partial charge in [-0.3, -0.25) is 9.59 Å². The average Bonchev–Trinajstić information content (AvgIpc) is 3.45. The lowest BCUT2D eigenvalue weighted by atomic mass is 9.88. The summed E-state index contributed by atoms with van der Waals surface area (Å²) in [6.45, 7) is 2.24. The highest BCUT2D eigenvalue weighted by Gasteiger charge is 2.33. The molecule has 1 aromatic heterocycles. The summed E-state index contributed by atoms with van der Waals surface area (Å²) in [5, 5.41) is 12.1. The van der Waals surface area contributed by atoms with Crippen molar-refractivity contribution in [1.29, 1.82) is 5.26 Å². The third-order valence-corrected chi connectivity index (χ3v) is 7.53. The standard InChI is InChI=1S/C33H33N5O2/c34-20-25-13-15-26(16-14-25)22-38-24-35-21-30(38)17-18-36-32(39)29-12-7-19-37(23-29)33(40)31(27-8-3-1-4-9-27)28-10-5-2-6-11-28/h1-6,8-11,13-16,21,24,29,31H,7,12,17-19,22-23H2,(H,36,39). The van der Waals surface area contributed by atoms with Gasteiger partial charge in [-0.15, -0.1) is 0 Å². The van der Waals surface area contributed by atoms with Crippen molar-refractivity contribution in [2.45, 2.75) is 31.7 Å². The number of piperidine rings is 1. The molecule has 5 rings (SSSR count). The van der Waals surface area contributed by atoms with E-state index in [1.54, 1.807) is 6.33 Å². The second-order valence-corrected chi connectivity index (χ2v) is 10.2. The quantitative estimate of drug-likeness (QED) is 0.344. The lowest BCUT2D eigenvalue weighted by molar-refractivity contribution is -0.136. The van der Waals surface area contributed by atoms with Gasteiger partial charge in [-0.1, -0.05) is 72.8 Å². The van der Waals surface area contributed by atoms with E-state index in [0.29, 0.717) is 38.2 Å². The van der Waals surface area contributed by atoms with Gasteiger partial charge in [0.2, 0.25) is 11.8 Å². The topological polar surface area (TPSA) is 91.0 Å². The molecule has 7 heteroatoms. The third kappa shape index (κ3) is 6.47. The Kier molecular flexibility index (Phi) is 8.67. The van der Waals surface area contributed by atoms with Gasteiger partial charge in [0.1, 0.15) is 0 Å². The summed E-state index contributed by atoms with van der Waals surface area (Å²) in [5.41, 5.74) is 4.67. The van der Waals surface area contributed by atoms with Crippen LogP contribution in [0.4, 0.5) is 0 Å². The van der Waals surface area contributed by atoms with Gasteiger partial charge in [-0.25, -0.2) is 4.98 Å². The average molecular weight is 532 g/mol. The second-order valence-electron chi connectivity index (χ2n) is 10.2. The summed E-state index contributed by atoms with van der Waals surface area (Å²) >= 11 is 0. The molecule has 1 saturated heterocycles. The van der Waals surface area contributed by atoms with Gasteiger partial charge in [0, 0.05) is 44.5 Å². The molecule has 1 atom stereocenters. The van der Waals surface area contributed by atoms with Gasteiger partial charge in [-0.05, 0) is 41.7 Å². The summed E-state index contributed by atoms with van der Waals surface area (Å²) in [4.78, 5) is 33.1. The molecule has 0 radical (unpaired) electrons. The number of hydrogen-bond acceptors (Lipinski definition) is 4. The van der Waals surface area contributed by atoms with Crippen molar-refractivity contribution < 1.29 is 9.59 Å². The molecule has 1 N–H and O–H groups in total. The number of carbonyl (C=O) groups excluding carboxylic acids is 2. The molecule has 3 aromatic carbocycles. The van der Waals surface area contributed by atoms with E-state index in [1.165, 1.54) is 0 Å².